The second kappa shape index (κ2) is 4.62. The maximum atomic E-state index is 10.7. The molecule has 0 unspecified atom stereocenters. The van der Waals surface area contributed by atoms with E-state index < -0.39 is 6.16 Å². The Morgan fingerprint density at radius 3 is 2.58 bits per heavy atom. The van der Waals surface area contributed by atoms with Gasteiger partial charge in [0.25, 0.3) is 0 Å². The largest absolute Gasteiger partial charge is 0.515 e. The molecule has 0 radical (unpaired) electrons. The van der Waals surface area contributed by atoms with Gasteiger partial charge in [-0.05, 0) is 12.1 Å². The minimum Gasteiger partial charge on any atom is -0.418 e. The van der Waals surface area contributed by atoms with Crippen molar-refractivity contribution in [2.24, 2.45) is 0 Å². The number of benzene rings is 1. The number of alkyl halides is 1. The summed E-state index contributed by atoms with van der Waals surface area (Å²) >= 11 is 5.14. The van der Waals surface area contributed by atoms with Crippen LogP contribution in [0.5, 0.6) is 5.75 Å². The zero-order valence-electron chi connectivity index (χ0n) is 6.20. The molecule has 0 fully saturated rings. The smallest absolute Gasteiger partial charge is 0.418 e. The number of halogens is 1. The summed E-state index contributed by atoms with van der Waals surface area (Å²) in [6.07, 6.45) is -0.795. The average Bonchev–Trinajstić information content (AvgIpc) is 2.06. The van der Waals surface area contributed by atoms with Crippen molar-refractivity contribution in [1.29, 1.82) is 0 Å². The fourth-order valence-corrected chi connectivity index (χ4v) is 0.748. The highest BCUT2D eigenvalue weighted by Gasteiger charge is 2.02. The predicted octanol–water partition coefficient (Wildman–Crippen LogP) is 2.40. The summed E-state index contributed by atoms with van der Waals surface area (Å²) in [6, 6.07) is 8.42. The molecule has 0 aliphatic carbocycles. The van der Waals surface area contributed by atoms with E-state index in [1.165, 1.54) is 0 Å². The first-order valence-corrected chi connectivity index (χ1v) is 3.82. The Morgan fingerprint density at radius 2 is 2.00 bits per heavy atom. The van der Waals surface area contributed by atoms with Crippen LogP contribution in [0.3, 0.4) is 0 Å². The van der Waals surface area contributed by atoms with Crippen LogP contribution < -0.4 is 4.74 Å². The van der Waals surface area contributed by atoms with E-state index in [4.69, 9.17) is 16.3 Å². The van der Waals surface area contributed by atoms with Gasteiger partial charge in [0.15, 0.2) is 6.07 Å². The number of hydrogen-bond acceptors (Lipinski definition) is 3. The van der Waals surface area contributed by atoms with Gasteiger partial charge in [-0.15, -0.1) is 0 Å². The number of ether oxygens (including phenoxy) is 2. The first kappa shape index (κ1) is 8.87. The lowest BCUT2D eigenvalue weighted by atomic mass is 10.3. The summed E-state index contributed by atoms with van der Waals surface area (Å²) in [6.45, 7) is 0. The molecule has 0 N–H and O–H groups in total. The zero-order chi connectivity index (χ0) is 8.81. The molecule has 1 rings (SSSR count). The van der Waals surface area contributed by atoms with E-state index in [1.54, 1.807) is 24.3 Å². The molecule has 0 amide bonds. The average molecular weight is 187 g/mol. The Balaban J connectivity index is 2.47. The van der Waals surface area contributed by atoms with Crippen LogP contribution in [-0.2, 0) is 4.74 Å². The summed E-state index contributed by atoms with van der Waals surface area (Å²) in [5.41, 5.74) is 0. The molecular weight excluding hydrogens is 180 g/mol. The first-order valence-electron chi connectivity index (χ1n) is 3.28. The van der Waals surface area contributed by atoms with E-state index in [-0.39, 0.29) is 6.07 Å². The summed E-state index contributed by atoms with van der Waals surface area (Å²) in [4.78, 5) is 10.7. The first-order chi connectivity index (χ1) is 5.83. The summed E-state index contributed by atoms with van der Waals surface area (Å²) in [7, 11) is 0. The highest BCUT2D eigenvalue weighted by atomic mass is 35.5. The lowest BCUT2D eigenvalue weighted by Crippen LogP contribution is -2.08. The lowest BCUT2D eigenvalue weighted by molar-refractivity contribution is 0.115. The van der Waals surface area contributed by atoms with E-state index in [2.05, 4.69) is 4.74 Å². The third kappa shape index (κ3) is 2.80. The van der Waals surface area contributed by atoms with Gasteiger partial charge >= 0.3 is 6.16 Å². The fraction of sp³-hybridized carbons (Fsp3) is 0.125. The number of hydrogen-bond donors (Lipinski definition) is 0. The second-order valence-corrected chi connectivity index (χ2v) is 2.14. The lowest BCUT2D eigenvalue weighted by Gasteiger charge is -2.01. The molecule has 0 saturated heterocycles. The summed E-state index contributed by atoms with van der Waals surface area (Å²) < 4.78 is 9.06. The highest BCUT2D eigenvalue weighted by molar-refractivity contribution is 6.17. The molecule has 1 aromatic rings. The van der Waals surface area contributed by atoms with Crippen LogP contribution in [0.15, 0.2) is 30.3 Å². The molecule has 0 spiro atoms. The third-order valence-corrected chi connectivity index (χ3v) is 1.23. The van der Waals surface area contributed by atoms with Crippen LogP contribution in [0.1, 0.15) is 0 Å². The summed E-state index contributed by atoms with van der Waals surface area (Å²) in [5, 5.41) is 0. The number of para-hydroxylation sites is 1. The van der Waals surface area contributed by atoms with Gasteiger partial charge in [0, 0.05) is 0 Å². The van der Waals surface area contributed by atoms with E-state index in [0.29, 0.717) is 5.75 Å². The van der Waals surface area contributed by atoms with Gasteiger partial charge in [-0.25, -0.2) is 4.79 Å². The van der Waals surface area contributed by atoms with Gasteiger partial charge in [0.2, 0.25) is 0 Å². The molecule has 0 aliphatic rings. The molecule has 64 valence electrons. The Morgan fingerprint density at radius 1 is 1.33 bits per heavy atom. The maximum Gasteiger partial charge on any atom is 0.515 e. The molecule has 3 nitrogen and oxygen atoms in total. The van der Waals surface area contributed by atoms with E-state index in [1.807, 2.05) is 6.07 Å². The fourth-order valence-electron chi connectivity index (χ4n) is 0.659. The molecule has 0 aliphatic heterocycles. The van der Waals surface area contributed by atoms with Crippen molar-refractivity contribution in [3.8, 4) is 5.75 Å². The van der Waals surface area contributed by atoms with Crippen LogP contribution in [0, 0.1) is 0 Å². The van der Waals surface area contributed by atoms with E-state index in [0.717, 1.165) is 0 Å². The van der Waals surface area contributed by atoms with Crippen molar-refractivity contribution in [3.05, 3.63) is 30.3 Å². The predicted molar refractivity (Wildman–Crippen MR) is 44.3 cm³/mol. The van der Waals surface area contributed by atoms with Gasteiger partial charge < -0.3 is 9.47 Å². The van der Waals surface area contributed by atoms with Crippen molar-refractivity contribution in [1.82, 2.24) is 0 Å². The Kier molecular flexibility index (Phi) is 3.41. The topological polar surface area (TPSA) is 35.5 Å². The zero-order valence-corrected chi connectivity index (χ0v) is 6.95. The van der Waals surface area contributed by atoms with Crippen molar-refractivity contribution in [2.45, 2.75) is 0 Å². The Hall–Kier alpha value is -1.22. The Labute approximate surface area is 74.9 Å². The number of carbonyl (C=O) groups excluding carboxylic acids is 1. The minimum absolute atomic E-state index is 0.203. The molecule has 0 saturated carbocycles. The maximum absolute atomic E-state index is 10.7. The molecule has 1 aromatic carbocycles. The van der Waals surface area contributed by atoms with Gasteiger partial charge in [-0.3, -0.25) is 0 Å². The van der Waals surface area contributed by atoms with Gasteiger partial charge in [0.05, 0.1) is 0 Å². The van der Waals surface area contributed by atoms with Gasteiger partial charge in [0.1, 0.15) is 5.75 Å². The quantitative estimate of drug-likeness (QED) is 0.404. The van der Waals surface area contributed by atoms with Crippen molar-refractivity contribution >= 4 is 17.8 Å². The van der Waals surface area contributed by atoms with Crippen LogP contribution >= 0.6 is 11.6 Å². The minimum atomic E-state index is -0.795. The molecule has 0 heterocycles. The molecule has 0 aromatic heterocycles. The monoisotopic (exact) mass is 186 g/mol. The van der Waals surface area contributed by atoms with Crippen molar-refractivity contribution in [2.75, 3.05) is 6.07 Å². The SMILES string of the molecule is O=C(OCCl)Oc1ccccc1. The van der Waals surface area contributed by atoms with Crippen LogP contribution in [0.25, 0.3) is 0 Å². The van der Waals surface area contributed by atoms with Crippen LogP contribution in [-0.4, -0.2) is 12.2 Å². The third-order valence-electron chi connectivity index (χ3n) is 1.12. The van der Waals surface area contributed by atoms with Gasteiger partial charge in [-0.2, -0.15) is 0 Å². The second-order valence-electron chi connectivity index (χ2n) is 1.92. The summed E-state index contributed by atoms with van der Waals surface area (Å²) in [5.74, 6) is 0.438. The molecule has 0 bridgehead atoms. The van der Waals surface area contributed by atoms with Crippen LogP contribution in [0.4, 0.5) is 4.79 Å². The number of rotatable bonds is 2. The Bertz CT molecular complexity index is 248. The molecule has 0 atom stereocenters. The highest BCUT2D eigenvalue weighted by Crippen LogP contribution is 2.08. The number of carbonyl (C=O) groups is 1. The van der Waals surface area contributed by atoms with E-state index >= 15 is 0 Å². The van der Waals surface area contributed by atoms with Crippen LogP contribution in [0.2, 0.25) is 0 Å². The molecular formula is C8H7ClO3. The normalized spacial score (nSPS) is 9.08. The van der Waals surface area contributed by atoms with Crippen molar-refractivity contribution in [3.63, 3.8) is 0 Å². The van der Waals surface area contributed by atoms with Gasteiger partial charge in [-0.1, -0.05) is 29.8 Å². The molecule has 4 heteroatoms. The molecule has 12 heavy (non-hydrogen) atoms. The van der Waals surface area contributed by atoms with E-state index in [9.17, 15) is 4.79 Å². The van der Waals surface area contributed by atoms with Crippen molar-refractivity contribution < 1.29 is 14.3 Å². The standard InChI is InChI=1S/C8H7ClO3/c9-6-11-8(10)12-7-4-2-1-3-5-7/h1-5H,6H2.